The van der Waals surface area contributed by atoms with Crippen LogP contribution in [-0.2, 0) is 10.0 Å². The summed E-state index contributed by atoms with van der Waals surface area (Å²) in [4.78, 5) is 0.303. The minimum absolute atomic E-state index is 0.0479. The second-order valence-electron chi connectivity index (χ2n) is 6.32. The van der Waals surface area contributed by atoms with Crippen LogP contribution in [0, 0.1) is 19.3 Å². The van der Waals surface area contributed by atoms with E-state index < -0.39 is 10.0 Å². The molecule has 1 aliphatic carbocycles. The van der Waals surface area contributed by atoms with Crippen LogP contribution in [0.4, 0.5) is 0 Å². The molecule has 1 aromatic heterocycles. The number of aromatic nitrogens is 2. The summed E-state index contributed by atoms with van der Waals surface area (Å²) < 4.78 is 27.6. The van der Waals surface area contributed by atoms with E-state index in [1.165, 1.54) is 0 Å². The van der Waals surface area contributed by atoms with Gasteiger partial charge in [-0.2, -0.15) is 5.10 Å². The first kappa shape index (κ1) is 14.5. The average Bonchev–Trinajstić information content (AvgIpc) is 2.62. The van der Waals surface area contributed by atoms with Crippen LogP contribution in [0.2, 0.25) is 0 Å². The number of aromatic amines is 1. The second-order valence-corrected chi connectivity index (χ2v) is 7.97. The molecule has 0 radical (unpaired) electrons. The summed E-state index contributed by atoms with van der Waals surface area (Å²) in [5, 5.41) is 6.68. The Balaban J connectivity index is 2.11. The molecule has 0 spiro atoms. The largest absolute Gasteiger partial charge is 0.281 e. The van der Waals surface area contributed by atoms with Crippen molar-refractivity contribution in [2.45, 2.75) is 64.3 Å². The van der Waals surface area contributed by atoms with Crippen molar-refractivity contribution in [3.8, 4) is 0 Å². The van der Waals surface area contributed by atoms with E-state index in [0.29, 0.717) is 21.7 Å². The van der Waals surface area contributed by atoms with Gasteiger partial charge in [0.25, 0.3) is 0 Å². The Morgan fingerprint density at radius 2 is 1.84 bits per heavy atom. The van der Waals surface area contributed by atoms with Crippen molar-refractivity contribution in [1.82, 2.24) is 14.9 Å². The molecule has 0 aliphatic heterocycles. The van der Waals surface area contributed by atoms with Gasteiger partial charge in [-0.05, 0) is 44.9 Å². The van der Waals surface area contributed by atoms with Gasteiger partial charge in [0.05, 0.1) is 11.4 Å². The van der Waals surface area contributed by atoms with Gasteiger partial charge in [0.2, 0.25) is 10.0 Å². The van der Waals surface area contributed by atoms with Gasteiger partial charge in [-0.3, -0.25) is 5.10 Å². The molecule has 0 amide bonds. The molecule has 1 fully saturated rings. The molecule has 19 heavy (non-hydrogen) atoms. The zero-order valence-electron chi connectivity index (χ0n) is 12.1. The third-order valence-electron chi connectivity index (χ3n) is 3.99. The van der Waals surface area contributed by atoms with Gasteiger partial charge < -0.3 is 0 Å². The van der Waals surface area contributed by atoms with E-state index in [1.807, 2.05) is 0 Å². The van der Waals surface area contributed by atoms with Gasteiger partial charge in [-0.1, -0.05) is 13.8 Å². The van der Waals surface area contributed by atoms with Gasteiger partial charge >= 0.3 is 0 Å². The van der Waals surface area contributed by atoms with Crippen molar-refractivity contribution in [2.24, 2.45) is 5.41 Å². The summed E-state index contributed by atoms with van der Waals surface area (Å²) in [5.41, 5.74) is 1.46. The first-order chi connectivity index (χ1) is 8.71. The molecule has 0 unspecified atom stereocenters. The van der Waals surface area contributed by atoms with Crippen LogP contribution in [0.25, 0.3) is 0 Å². The van der Waals surface area contributed by atoms with Gasteiger partial charge in [0.1, 0.15) is 4.90 Å². The molecular formula is C13H23N3O2S. The molecule has 2 rings (SSSR count). The van der Waals surface area contributed by atoms with Gasteiger partial charge in [0.15, 0.2) is 0 Å². The maximum Gasteiger partial charge on any atom is 0.244 e. The molecule has 1 saturated carbocycles. The number of sulfonamides is 1. The predicted octanol–water partition coefficient (Wildman–Crippen LogP) is 2.27. The van der Waals surface area contributed by atoms with Gasteiger partial charge in [0, 0.05) is 6.04 Å². The van der Waals surface area contributed by atoms with Crippen LogP contribution in [-0.4, -0.2) is 24.7 Å². The summed E-state index contributed by atoms with van der Waals surface area (Å²) >= 11 is 0. The van der Waals surface area contributed by atoms with E-state index in [1.54, 1.807) is 13.8 Å². The highest BCUT2D eigenvalue weighted by Crippen LogP contribution is 2.35. The third-order valence-corrected chi connectivity index (χ3v) is 5.77. The summed E-state index contributed by atoms with van der Waals surface area (Å²) in [6, 6.07) is 0.0479. The number of hydrogen-bond donors (Lipinski definition) is 2. The maximum atomic E-state index is 12.4. The Hall–Kier alpha value is -0.880. The Morgan fingerprint density at radius 1 is 1.26 bits per heavy atom. The van der Waals surface area contributed by atoms with E-state index in [0.717, 1.165) is 25.7 Å². The summed E-state index contributed by atoms with van der Waals surface area (Å²) in [7, 11) is -3.46. The molecule has 0 bridgehead atoms. The molecule has 1 heterocycles. The Bertz CT molecular complexity index is 531. The lowest BCUT2D eigenvalue weighted by Crippen LogP contribution is -2.39. The first-order valence-electron chi connectivity index (χ1n) is 6.75. The lowest BCUT2D eigenvalue weighted by atomic mass is 9.76. The van der Waals surface area contributed by atoms with Crippen LogP contribution in [0.1, 0.15) is 50.9 Å². The topological polar surface area (TPSA) is 74.8 Å². The fourth-order valence-corrected chi connectivity index (χ4v) is 4.41. The minimum atomic E-state index is -3.46. The van der Waals surface area contributed by atoms with Crippen LogP contribution >= 0.6 is 0 Å². The van der Waals surface area contributed by atoms with E-state index in [2.05, 4.69) is 28.8 Å². The first-order valence-corrected chi connectivity index (χ1v) is 8.23. The fourth-order valence-electron chi connectivity index (χ4n) is 2.73. The maximum absolute atomic E-state index is 12.4. The number of aryl methyl sites for hydroxylation is 2. The van der Waals surface area contributed by atoms with Crippen LogP contribution in [0.5, 0.6) is 0 Å². The summed E-state index contributed by atoms with van der Waals surface area (Å²) in [5.74, 6) is 0. The average molecular weight is 285 g/mol. The van der Waals surface area contributed by atoms with E-state index in [9.17, 15) is 8.42 Å². The van der Waals surface area contributed by atoms with E-state index in [4.69, 9.17) is 0 Å². The zero-order valence-corrected chi connectivity index (χ0v) is 12.9. The molecule has 5 nitrogen and oxygen atoms in total. The van der Waals surface area contributed by atoms with Crippen molar-refractivity contribution in [1.29, 1.82) is 0 Å². The fraction of sp³-hybridized carbons (Fsp3) is 0.769. The Kier molecular flexibility index (Phi) is 3.75. The number of H-pyrrole nitrogens is 1. The quantitative estimate of drug-likeness (QED) is 0.894. The van der Waals surface area contributed by atoms with Crippen molar-refractivity contribution in [3.05, 3.63) is 11.4 Å². The second kappa shape index (κ2) is 4.90. The number of nitrogens with zero attached hydrogens (tertiary/aromatic N) is 1. The predicted molar refractivity (Wildman–Crippen MR) is 74.4 cm³/mol. The zero-order chi connectivity index (χ0) is 14.3. The summed E-state index contributed by atoms with van der Waals surface area (Å²) in [6.07, 6.45) is 3.93. The molecule has 1 aromatic rings. The van der Waals surface area contributed by atoms with E-state index >= 15 is 0 Å². The standard InChI is InChI=1S/C13H23N3O2S/c1-9-12(10(2)15-14-9)19(17,18)16-11-5-7-13(3,4)8-6-11/h11,16H,5-8H2,1-4H3,(H,14,15). The van der Waals surface area contributed by atoms with Crippen molar-refractivity contribution < 1.29 is 8.42 Å². The van der Waals surface area contributed by atoms with Crippen molar-refractivity contribution in [3.63, 3.8) is 0 Å². The highest BCUT2D eigenvalue weighted by Gasteiger charge is 2.31. The van der Waals surface area contributed by atoms with Crippen LogP contribution in [0.15, 0.2) is 4.90 Å². The van der Waals surface area contributed by atoms with Crippen molar-refractivity contribution in [2.75, 3.05) is 0 Å². The molecule has 108 valence electrons. The normalized spacial score (nSPS) is 20.6. The molecule has 1 aliphatic rings. The van der Waals surface area contributed by atoms with Crippen LogP contribution in [0.3, 0.4) is 0 Å². The lowest BCUT2D eigenvalue weighted by molar-refractivity contribution is 0.218. The molecule has 6 heteroatoms. The summed E-state index contributed by atoms with van der Waals surface area (Å²) in [6.45, 7) is 7.92. The Labute approximate surface area is 115 Å². The monoisotopic (exact) mass is 285 g/mol. The molecule has 0 saturated heterocycles. The smallest absolute Gasteiger partial charge is 0.244 e. The number of rotatable bonds is 3. The molecule has 0 atom stereocenters. The third kappa shape index (κ3) is 3.17. The minimum Gasteiger partial charge on any atom is -0.281 e. The highest BCUT2D eigenvalue weighted by molar-refractivity contribution is 7.89. The highest BCUT2D eigenvalue weighted by atomic mass is 32.2. The van der Waals surface area contributed by atoms with E-state index in [-0.39, 0.29) is 6.04 Å². The lowest BCUT2D eigenvalue weighted by Gasteiger charge is -2.34. The molecule has 2 N–H and O–H groups in total. The Morgan fingerprint density at radius 3 is 2.32 bits per heavy atom. The van der Waals surface area contributed by atoms with Gasteiger partial charge in [-0.25, -0.2) is 13.1 Å². The SMILES string of the molecule is Cc1n[nH]c(C)c1S(=O)(=O)NC1CCC(C)(C)CC1. The van der Waals surface area contributed by atoms with Crippen LogP contribution < -0.4 is 4.72 Å². The van der Waals surface area contributed by atoms with Gasteiger partial charge in [-0.15, -0.1) is 0 Å². The molecular weight excluding hydrogens is 262 g/mol. The molecule has 0 aromatic carbocycles. The number of nitrogens with one attached hydrogen (secondary N) is 2. The van der Waals surface area contributed by atoms with Crippen molar-refractivity contribution >= 4 is 10.0 Å². The number of hydrogen-bond acceptors (Lipinski definition) is 3.